The van der Waals surface area contributed by atoms with Gasteiger partial charge in [0, 0.05) is 26.7 Å². The summed E-state index contributed by atoms with van der Waals surface area (Å²) < 4.78 is 16.5. The lowest BCUT2D eigenvalue weighted by Crippen LogP contribution is -2.55. The van der Waals surface area contributed by atoms with Crippen molar-refractivity contribution >= 4 is 40.6 Å². The van der Waals surface area contributed by atoms with Crippen LogP contribution in [0.2, 0.25) is 0 Å². The number of ether oxygens (including phenoxy) is 3. The lowest BCUT2D eigenvalue weighted by molar-refractivity contribution is -0.177. The Morgan fingerprint density at radius 2 is 1.78 bits per heavy atom. The van der Waals surface area contributed by atoms with Crippen LogP contribution in [0.3, 0.4) is 0 Å². The van der Waals surface area contributed by atoms with E-state index in [1.807, 2.05) is 13.8 Å². The molecule has 0 aromatic rings. The lowest BCUT2D eigenvalue weighted by atomic mass is 9.96. The van der Waals surface area contributed by atoms with Gasteiger partial charge in [0.15, 0.2) is 5.12 Å². The molecule has 0 aromatic carbocycles. The van der Waals surface area contributed by atoms with Crippen molar-refractivity contribution in [3.8, 4) is 0 Å². The summed E-state index contributed by atoms with van der Waals surface area (Å²) in [6.07, 6.45) is -1.22. The molecule has 1 heterocycles. The summed E-state index contributed by atoms with van der Waals surface area (Å²) in [5.41, 5.74) is -0.149. The summed E-state index contributed by atoms with van der Waals surface area (Å²) in [5, 5.41) is -0.290. The number of hydrogen-bond acceptors (Lipinski definition) is 8. The van der Waals surface area contributed by atoms with Gasteiger partial charge in [-0.3, -0.25) is 14.4 Å². The van der Waals surface area contributed by atoms with E-state index in [1.165, 1.54) is 20.8 Å². The van der Waals surface area contributed by atoms with E-state index in [9.17, 15) is 14.4 Å². The van der Waals surface area contributed by atoms with Gasteiger partial charge in [0.25, 0.3) is 0 Å². The van der Waals surface area contributed by atoms with Crippen molar-refractivity contribution in [2.24, 2.45) is 5.92 Å². The normalized spacial score (nSPS) is 30.6. The van der Waals surface area contributed by atoms with Crippen LogP contribution in [0.5, 0.6) is 0 Å². The maximum atomic E-state index is 11.6. The second kappa shape index (κ2) is 9.54. The molecule has 8 heteroatoms. The Bertz CT molecular complexity index is 442. The minimum Gasteiger partial charge on any atom is -0.463 e. The number of thioether (sulfide) groups is 2. The molecule has 6 nitrogen and oxygen atoms in total. The third kappa shape index (κ3) is 6.35. The van der Waals surface area contributed by atoms with Crippen LogP contribution in [0.4, 0.5) is 0 Å². The average Bonchev–Trinajstić information content (AvgIpc) is 2.43. The van der Waals surface area contributed by atoms with Crippen molar-refractivity contribution in [2.75, 3.05) is 12.4 Å². The SMILES string of the molecule is CCSC1OC(COC(C)=O)[C@@H](OC(C)=O)[C@H](SC(C)=O)[C@@H]1C. The summed E-state index contributed by atoms with van der Waals surface area (Å²) in [6.45, 7) is 8.11. The minimum absolute atomic E-state index is 0.00423. The molecule has 132 valence electrons. The van der Waals surface area contributed by atoms with E-state index < -0.39 is 24.1 Å². The predicted molar refractivity (Wildman–Crippen MR) is 90.2 cm³/mol. The quantitative estimate of drug-likeness (QED) is 0.664. The second-order valence-corrected chi connectivity index (χ2v) is 8.04. The van der Waals surface area contributed by atoms with Crippen LogP contribution in [0.15, 0.2) is 0 Å². The number of esters is 2. The molecule has 1 rings (SSSR count). The Labute approximate surface area is 145 Å². The van der Waals surface area contributed by atoms with Crippen molar-refractivity contribution in [2.45, 2.75) is 57.5 Å². The number of hydrogen-bond donors (Lipinski definition) is 0. The first-order valence-corrected chi connectivity index (χ1v) is 9.44. The second-order valence-electron chi connectivity index (χ2n) is 5.31. The van der Waals surface area contributed by atoms with E-state index in [-0.39, 0.29) is 28.3 Å². The fourth-order valence-electron chi connectivity index (χ4n) is 2.43. The summed E-state index contributed by atoms with van der Waals surface area (Å²) in [6, 6.07) is 0. The van der Waals surface area contributed by atoms with Crippen LogP contribution in [-0.4, -0.2) is 52.3 Å². The van der Waals surface area contributed by atoms with Crippen LogP contribution in [0.25, 0.3) is 0 Å². The largest absolute Gasteiger partial charge is 0.463 e. The van der Waals surface area contributed by atoms with E-state index in [2.05, 4.69) is 0 Å². The van der Waals surface area contributed by atoms with Gasteiger partial charge in [-0.05, 0) is 5.75 Å². The molecular weight excluding hydrogens is 340 g/mol. The van der Waals surface area contributed by atoms with E-state index in [0.29, 0.717) is 0 Å². The molecule has 0 aromatic heterocycles. The standard InChI is InChI=1S/C15H24O6S2/c1-6-22-15-8(2)14(23-11(5)18)13(20-10(4)17)12(21-15)7-19-9(3)16/h8,12-15H,6-7H2,1-5H3/t8-,12?,13+,14+,15?/m0/s1. The molecule has 0 bridgehead atoms. The maximum Gasteiger partial charge on any atom is 0.303 e. The van der Waals surface area contributed by atoms with Gasteiger partial charge >= 0.3 is 11.9 Å². The molecule has 23 heavy (non-hydrogen) atoms. The molecule has 1 aliphatic heterocycles. The Kier molecular flexibility index (Phi) is 8.42. The van der Waals surface area contributed by atoms with Gasteiger partial charge in [0.1, 0.15) is 24.3 Å². The zero-order chi connectivity index (χ0) is 17.6. The number of carbonyl (C=O) groups is 3. The van der Waals surface area contributed by atoms with Crippen molar-refractivity contribution in [3.05, 3.63) is 0 Å². The first-order chi connectivity index (χ1) is 10.8. The highest BCUT2D eigenvalue weighted by atomic mass is 32.2. The van der Waals surface area contributed by atoms with E-state index in [0.717, 1.165) is 17.5 Å². The van der Waals surface area contributed by atoms with Crippen LogP contribution in [0, 0.1) is 5.92 Å². The highest BCUT2D eigenvalue weighted by molar-refractivity contribution is 8.14. The van der Waals surface area contributed by atoms with Gasteiger partial charge in [-0.25, -0.2) is 0 Å². The maximum absolute atomic E-state index is 11.6. The zero-order valence-electron chi connectivity index (χ0n) is 14.1. The summed E-state index contributed by atoms with van der Waals surface area (Å²) >= 11 is 2.77. The Balaban J connectivity index is 3.02. The molecule has 0 aliphatic carbocycles. The number of rotatable bonds is 6. The lowest BCUT2D eigenvalue weighted by Gasteiger charge is -2.44. The van der Waals surface area contributed by atoms with Crippen LogP contribution in [0.1, 0.15) is 34.6 Å². The molecule has 0 amide bonds. The van der Waals surface area contributed by atoms with Gasteiger partial charge in [-0.15, -0.1) is 11.8 Å². The smallest absolute Gasteiger partial charge is 0.303 e. The van der Waals surface area contributed by atoms with Crippen LogP contribution in [-0.2, 0) is 28.6 Å². The molecule has 5 atom stereocenters. The topological polar surface area (TPSA) is 78.9 Å². The van der Waals surface area contributed by atoms with E-state index in [1.54, 1.807) is 11.8 Å². The summed E-state index contributed by atoms with van der Waals surface area (Å²) in [5.74, 6) is -0.0178. The monoisotopic (exact) mass is 364 g/mol. The van der Waals surface area contributed by atoms with Crippen LogP contribution >= 0.6 is 23.5 Å². The molecule has 0 saturated carbocycles. The fraction of sp³-hybridized carbons (Fsp3) is 0.800. The Morgan fingerprint density at radius 3 is 2.26 bits per heavy atom. The van der Waals surface area contributed by atoms with Crippen molar-refractivity contribution in [3.63, 3.8) is 0 Å². The minimum atomic E-state index is -0.635. The first-order valence-electron chi connectivity index (χ1n) is 7.51. The summed E-state index contributed by atoms with van der Waals surface area (Å²) in [4.78, 5) is 34.2. The van der Waals surface area contributed by atoms with Crippen molar-refractivity contribution in [1.29, 1.82) is 0 Å². The molecule has 1 saturated heterocycles. The number of carbonyl (C=O) groups excluding carboxylic acids is 3. The Morgan fingerprint density at radius 1 is 1.13 bits per heavy atom. The summed E-state index contributed by atoms with van der Waals surface area (Å²) in [7, 11) is 0. The highest BCUT2D eigenvalue weighted by Crippen LogP contribution is 2.40. The van der Waals surface area contributed by atoms with E-state index >= 15 is 0 Å². The molecular formula is C15H24O6S2. The molecule has 0 spiro atoms. The molecule has 0 N–H and O–H groups in total. The van der Waals surface area contributed by atoms with Gasteiger partial charge in [0.05, 0.1) is 5.25 Å². The highest BCUT2D eigenvalue weighted by Gasteiger charge is 2.47. The molecule has 1 aliphatic rings. The molecule has 0 radical (unpaired) electrons. The molecule has 2 unspecified atom stereocenters. The van der Waals surface area contributed by atoms with Crippen molar-refractivity contribution < 1.29 is 28.6 Å². The first kappa shape index (κ1) is 20.3. The van der Waals surface area contributed by atoms with Crippen molar-refractivity contribution in [1.82, 2.24) is 0 Å². The fourth-order valence-corrected chi connectivity index (χ4v) is 4.66. The van der Waals surface area contributed by atoms with Gasteiger partial charge < -0.3 is 14.2 Å². The third-order valence-electron chi connectivity index (χ3n) is 3.33. The van der Waals surface area contributed by atoms with Gasteiger partial charge in [-0.1, -0.05) is 25.6 Å². The Hall–Kier alpha value is -0.730. The average molecular weight is 364 g/mol. The zero-order valence-corrected chi connectivity index (χ0v) is 15.7. The van der Waals surface area contributed by atoms with Crippen LogP contribution < -0.4 is 0 Å². The van der Waals surface area contributed by atoms with Gasteiger partial charge in [-0.2, -0.15) is 0 Å². The predicted octanol–water partition coefficient (Wildman–Crippen LogP) is 2.24. The van der Waals surface area contributed by atoms with E-state index in [4.69, 9.17) is 14.2 Å². The third-order valence-corrected chi connectivity index (χ3v) is 5.84. The van der Waals surface area contributed by atoms with Gasteiger partial charge in [0.2, 0.25) is 0 Å². The molecule has 1 fully saturated rings.